The highest BCUT2D eigenvalue weighted by molar-refractivity contribution is 8.00. The molecule has 0 fully saturated rings. The summed E-state index contributed by atoms with van der Waals surface area (Å²) in [6.45, 7) is 0. The van der Waals surface area contributed by atoms with E-state index < -0.39 is 12.5 Å². The molecule has 10 heteroatoms. The second-order valence-electron chi connectivity index (χ2n) is 3.71. The van der Waals surface area contributed by atoms with E-state index in [9.17, 15) is 0 Å². The molecule has 1 aliphatic rings. The first-order valence-corrected chi connectivity index (χ1v) is 8.33. The quantitative estimate of drug-likeness (QED) is 0.388. The Morgan fingerprint density at radius 2 is 1.45 bits per heavy atom. The highest BCUT2D eigenvalue weighted by Gasteiger charge is 2.67. The SMILES string of the molecule is Clc1ccc(C2=NSC(C(Cl)(Cl)Cl)(C(Cl)(Cl)Cl)O2)cc1. The first-order chi connectivity index (χ1) is 9.07. The van der Waals surface area contributed by atoms with Crippen LogP contribution in [0, 0.1) is 0 Å². The molecule has 1 aromatic carbocycles. The maximum absolute atomic E-state index is 5.90. The van der Waals surface area contributed by atoms with E-state index in [-0.39, 0.29) is 5.90 Å². The molecule has 2 nitrogen and oxygen atoms in total. The molecule has 0 bridgehead atoms. The van der Waals surface area contributed by atoms with Gasteiger partial charge in [-0.25, -0.2) is 0 Å². The summed E-state index contributed by atoms with van der Waals surface area (Å²) in [6, 6.07) is 6.71. The van der Waals surface area contributed by atoms with Gasteiger partial charge in [0.2, 0.25) is 13.5 Å². The first kappa shape index (κ1) is 17.4. The fourth-order valence-corrected chi connectivity index (χ4v) is 4.30. The Labute approximate surface area is 154 Å². The van der Waals surface area contributed by atoms with E-state index >= 15 is 0 Å². The summed E-state index contributed by atoms with van der Waals surface area (Å²) in [7, 11) is 0. The fourth-order valence-electron chi connectivity index (χ4n) is 1.36. The Hall–Kier alpha value is 1.07. The van der Waals surface area contributed by atoms with E-state index in [1.165, 1.54) is 0 Å². The molecule has 110 valence electrons. The zero-order chi connectivity index (χ0) is 15.2. The summed E-state index contributed by atoms with van der Waals surface area (Å²) < 4.78 is 5.64. The normalized spacial score (nSPS) is 18.6. The predicted octanol–water partition coefficient (Wildman–Crippen LogP) is 6.20. The van der Waals surface area contributed by atoms with Crippen molar-refractivity contribution in [2.24, 2.45) is 4.40 Å². The van der Waals surface area contributed by atoms with Gasteiger partial charge in [0.05, 0.1) is 0 Å². The smallest absolute Gasteiger partial charge is 0.269 e. The van der Waals surface area contributed by atoms with Gasteiger partial charge in [-0.2, -0.15) is 4.40 Å². The standard InChI is InChI=1S/C10H4Cl7NOS/c11-6-3-1-5(2-4-6)7-18-20-8(19-7,9(12,13)14)10(15,16)17/h1-4H. The van der Waals surface area contributed by atoms with Gasteiger partial charge in [0.25, 0.3) is 4.93 Å². The number of ether oxygens (including phenoxy) is 1. The molecule has 0 spiro atoms. The summed E-state index contributed by atoms with van der Waals surface area (Å²) in [4.78, 5) is -1.79. The van der Waals surface area contributed by atoms with E-state index in [2.05, 4.69) is 4.40 Å². The maximum Gasteiger partial charge on any atom is 0.269 e. The van der Waals surface area contributed by atoms with Crippen LogP contribution in [-0.2, 0) is 4.74 Å². The van der Waals surface area contributed by atoms with Gasteiger partial charge in [-0.1, -0.05) is 81.2 Å². The number of hydrogen-bond acceptors (Lipinski definition) is 3. The number of benzene rings is 1. The van der Waals surface area contributed by atoms with Gasteiger partial charge in [0.15, 0.2) is 0 Å². The van der Waals surface area contributed by atoms with Gasteiger partial charge >= 0.3 is 0 Å². The molecule has 1 aliphatic heterocycles. The van der Waals surface area contributed by atoms with E-state index in [4.69, 9.17) is 85.9 Å². The second-order valence-corrected chi connectivity index (χ2v) is 9.65. The van der Waals surface area contributed by atoms with Crippen LogP contribution in [0.25, 0.3) is 0 Å². The average molecular weight is 434 g/mol. The molecule has 0 atom stereocenters. The summed E-state index contributed by atoms with van der Waals surface area (Å²) in [6.07, 6.45) is 0. The highest BCUT2D eigenvalue weighted by Crippen LogP contribution is 2.62. The Kier molecular flexibility index (Phi) is 5.17. The van der Waals surface area contributed by atoms with Crippen molar-refractivity contribution in [3.63, 3.8) is 0 Å². The van der Waals surface area contributed by atoms with Gasteiger partial charge in [0.1, 0.15) is 0 Å². The van der Waals surface area contributed by atoms with Gasteiger partial charge in [-0.05, 0) is 24.3 Å². The minimum absolute atomic E-state index is 0.185. The summed E-state index contributed by atoms with van der Waals surface area (Å²) in [5.74, 6) is 0.185. The van der Waals surface area contributed by atoms with Gasteiger partial charge in [-0.15, -0.1) is 0 Å². The number of hydrogen-bond donors (Lipinski definition) is 0. The zero-order valence-corrected chi connectivity index (χ0v) is 15.3. The third kappa shape index (κ3) is 3.21. The van der Waals surface area contributed by atoms with Crippen molar-refractivity contribution in [2.45, 2.75) is 12.5 Å². The Bertz CT molecular complexity index is 520. The minimum Gasteiger partial charge on any atom is -0.448 e. The van der Waals surface area contributed by atoms with Crippen LogP contribution < -0.4 is 0 Å². The number of alkyl halides is 6. The minimum atomic E-state index is -2.01. The molecule has 20 heavy (non-hydrogen) atoms. The lowest BCUT2D eigenvalue weighted by molar-refractivity contribution is 0.169. The third-order valence-corrected chi connectivity index (χ3v) is 6.07. The molecule has 0 aromatic heterocycles. The number of halogens is 7. The van der Waals surface area contributed by atoms with Crippen LogP contribution in [0.15, 0.2) is 28.7 Å². The molecule has 1 aromatic rings. The van der Waals surface area contributed by atoms with Crippen molar-refractivity contribution in [3.05, 3.63) is 34.9 Å². The fraction of sp³-hybridized carbons (Fsp3) is 0.300. The largest absolute Gasteiger partial charge is 0.448 e. The number of nitrogens with zero attached hydrogens (tertiary/aromatic N) is 1. The molecule has 0 radical (unpaired) electrons. The van der Waals surface area contributed by atoms with Crippen molar-refractivity contribution >= 4 is 99.1 Å². The monoisotopic (exact) mass is 431 g/mol. The number of rotatable bonds is 1. The lowest BCUT2D eigenvalue weighted by Crippen LogP contribution is -2.51. The Morgan fingerprint density at radius 1 is 0.950 bits per heavy atom. The van der Waals surface area contributed by atoms with Gasteiger partial charge in [0, 0.05) is 22.5 Å². The van der Waals surface area contributed by atoms with Crippen molar-refractivity contribution < 1.29 is 4.74 Å². The second kappa shape index (κ2) is 5.93. The third-order valence-electron chi connectivity index (χ3n) is 2.34. The summed E-state index contributed by atoms with van der Waals surface area (Å²) in [5, 5.41) is 0.564. The first-order valence-electron chi connectivity index (χ1n) is 4.91. The van der Waals surface area contributed by atoms with Crippen molar-refractivity contribution in [3.8, 4) is 0 Å². The molecule has 0 saturated heterocycles. The van der Waals surface area contributed by atoms with Crippen molar-refractivity contribution in [1.82, 2.24) is 0 Å². The van der Waals surface area contributed by atoms with Crippen LogP contribution in [0.3, 0.4) is 0 Å². The Balaban J connectivity index is 2.34. The topological polar surface area (TPSA) is 21.6 Å². The van der Waals surface area contributed by atoms with E-state index in [1.807, 2.05) is 0 Å². The molecular weight excluding hydrogens is 430 g/mol. The molecule has 0 N–H and O–H groups in total. The lowest BCUT2D eigenvalue weighted by Gasteiger charge is -2.38. The van der Waals surface area contributed by atoms with Gasteiger partial charge < -0.3 is 4.74 Å². The molecule has 0 saturated carbocycles. The summed E-state index contributed by atoms with van der Waals surface area (Å²) >= 11 is 41.9. The van der Waals surface area contributed by atoms with Crippen LogP contribution in [-0.4, -0.2) is 18.4 Å². The molecule has 1 heterocycles. The van der Waals surface area contributed by atoms with E-state index in [0.29, 0.717) is 10.6 Å². The predicted molar refractivity (Wildman–Crippen MR) is 90.0 cm³/mol. The average Bonchev–Trinajstić information content (AvgIpc) is 2.74. The van der Waals surface area contributed by atoms with Crippen LogP contribution >= 0.6 is 93.2 Å². The van der Waals surface area contributed by atoms with E-state index in [1.54, 1.807) is 24.3 Å². The molecule has 2 rings (SSSR count). The zero-order valence-electron chi connectivity index (χ0n) is 9.22. The lowest BCUT2D eigenvalue weighted by atomic mass is 10.2. The molecule has 0 amide bonds. The summed E-state index contributed by atoms with van der Waals surface area (Å²) in [5.41, 5.74) is 0.618. The van der Waals surface area contributed by atoms with E-state index in [0.717, 1.165) is 11.9 Å². The van der Waals surface area contributed by atoms with Crippen LogP contribution in [0.2, 0.25) is 5.02 Å². The molecule has 0 unspecified atom stereocenters. The van der Waals surface area contributed by atoms with Crippen molar-refractivity contribution in [2.75, 3.05) is 0 Å². The van der Waals surface area contributed by atoms with Crippen LogP contribution in [0.1, 0.15) is 5.56 Å². The molecule has 0 aliphatic carbocycles. The maximum atomic E-state index is 5.90. The van der Waals surface area contributed by atoms with Gasteiger partial charge in [-0.3, -0.25) is 0 Å². The highest BCUT2D eigenvalue weighted by atomic mass is 35.6. The Morgan fingerprint density at radius 3 is 1.85 bits per heavy atom. The van der Waals surface area contributed by atoms with Crippen LogP contribution in [0.4, 0.5) is 0 Å². The van der Waals surface area contributed by atoms with Crippen molar-refractivity contribution in [1.29, 1.82) is 0 Å². The van der Waals surface area contributed by atoms with Crippen LogP contribution in [0.5, 0.6) is 0 Å². The molecular formula is C10H4Cl7NOS.